The molecule has 0 unspecified atom stereocenters. The molecule has 1 amide bonds. The van der Waals surface area contributed by atoms with Crippen LogP contribution in [0.5, 0.6) is 0 Å². The number of nitrogens with zero attached hydrogens (tertiary/aromatic N) is 3. The fraction of sp³-hybridized carbons (Fsp3) is 0.909. The first kappa shape index (κ1) is 14.7. The Morgan fingerprint density at radius 1 is 1.21 bits per heavy atom. The summed E-state index contributed by atoms with van der Waals surface area (Å²) in [6.07, 6.45) is 1.92. The largest absolute Gasteiger partial charge is 0.339 e. The van der Waals surface area contributed by atoms with Crippen molar-refractivity contribution in [1.29, 1.82) is 0 Å². The summed E-state index contributed by atoms with van der Waals surface area (Å²) in [6, 6.07) is -0.0722. The third kappa shape index (κ3) is 3.07. The molecular formula is C11H22N4O3S. The summed E-state index contributed by atoms with van der Waals surface area (Å²) in [5, 5.41) is 3.18. The van der Waals surface area contributed by atoms with Gasteiger partial charge in [0, 0.05) is 40.3 Å². The highest BCUT2D eigenvalue weighted by Gasteiger charge is 2.33. The number of hydrogen-bond acceptors (Lipinski definition) is 4. The smallest absolute Gasteiger partial charge is 0.281 e. The summed E-state index contributed by atoms with van der Waals surface area (Å²) < 4.78 is 26.5. The van der Waals surface area contributed by atoms with E-state index in [-0.39, 0.29) is 11.9 Å². The monoisotopic (exact) mass is 290 g/mol. The summed E-state index contributed by atoms with van der Waals surface area (Å²) in [5.41, 5.74) is 0. The van der Waals surface area contributed by atoms with Gasteiger partial charge in [-0.2, -0.15) is 17.0 Å². The quantitative estimate of drug-likeness (QED) is 0.700. The summed E-state index contributed by atoms with van der Waals surface area (Å²) >= 11 is 0. The number of amides is 1. The lowest BCUT2D eigenvalue weighted by molar-refractivity contribution is -0.134. The molecule has 1 N–H and O–H groups in total. The van der Waals surface area contributed by atoms with Crippen molar-refractivity contribution in [2.45, 2.75) is 18.9 Å². The Kier molecular flexibility index (Phi) is 4.44. The second-order valence-electron chi connectivity index (χ2n) is 5.16. The van der Waals surface area contributed by atoms with Crippen LogP contribution in [0.4, 0.5) is 0 Å². The Labute approximate surface area is 114 Å². The van der Waals surface area contributed by atoms with E-state index in [4.69, 9.17) is 0 Å². The van der Waals surface area contributed by atoms with E-state index in [1.54, 1.807) is 4.90 Å². The first-order valence-electron chi connectivity index (χ1n) is 6.62. The molecule has 2 aliphatic rings. The molecule has 7 nitrogen and oxygen atoms in total. The highest BCUT2D eigenvalue weighted by Crippen LogP contribution is 2.13. The molecular weight excluding hydrogens is 268 g/mol. The van der Waals surface area contributed by atoms with Crippen LogP contribution in [0.2, 0.25) is 0 Å². The summed E-state index contributed by atoms with van der Waals surface area (Å²) in [7, 11) is -0.309. The summed E-state index contributed by atoms with van der Waals surface area (Å²) in [6.45, 7) is 2.59. The van der Waals surface area contributed by atoms with E-state index in [2.05, 4.69) is 5.32 Å². The molecule has 1 atom stereocenters. The zero-order valence-corrected chi connectivity index (χ0v) is 12.3. The van der Waals surface area contributed by atoms with Gasteiger partial charge in [0.1, 0.15) is 0 Å². The Hall–Kier alpha value is -0.700. The van der Waals surface area contributed by atoms with E-state index >= 15 is 0 Å². The fourth-order valence-electron chi connectivity index (χ4n) is 2.49. The Balaban J connectivity index is 1.90. The average Bonchev–Trinajstić information content (AvgIpc) is 2.91. The van der Waals surface area contributed by atoms with Gasteiger partial charge >= 0.3 is 0 Å². The van der Waals surface area contributed by atoms with Crippen molar-refractivity contribution in [2.75, 3.05) is 46.8 Å². The van der Waals surface area contributed by atoms with E-state index in [0.29, 0.717) is 26.2 Å². The van der Waals surface area contributed by atoms with Crippen LogP contribution < -0.4 is 5.32 Å². The van der Waals surface area contributed by atoms with Crippen molar-refractivity contribution in [2.24, 2.45) is 0 Å². The molecule has 2 heterocycles. The zero-order valence-electron chi connectivity index (χ0n) is 11.5. The number of carbonyl (C=O) groups is 1. The third-order valence-electron chi connectivity index (χ3n) is 3.70. The minimum absolute atomic E-state index is 0.0722. The third-order valence-corrected chi connectivity index (χ3v) is 5.64. The van der Waals surface area contributed by atoms with Crippen LogP contribution in [0.15, 0.2) is 0 Å². The molecule has 0 spiro atoms. The van der Waals surface area contributed by atoms with Gasteiger partial charge in [0.25, 0.3) is 10.2 Å². The van der Waals surface area contributed by atoms with Crippen LogP contribution in [0, 0.1) is 0 Å². The topological polar surface area (TPSA) is 73.0 Å². The lowest BCUT2D eigenvalue weighted by Gasteiger charge is -2.36. The van der Waals surface area contributed by atoms with Crippen LogP contribution in [-0.2, 0) is 15.0 Å². The van der Waals surface area contributed by atoms with Crippen LogP contribution in [-0.4, -0.2) is 80.7 Å². The van der Waals surface area contributed by atoms with Crippen molar-refractivity contribution < 1.29 is 13.2 Å². The molecule has 0 bridgehead atoms. The number of hydrogen-bond donors (Lipinski definition) is 1. The van der Waals surface area contributed by atoms with Gasteiger partial charge in [-0.3, -0.25) is 4.79 Å². The number of piperazine rings is 1. The minimum atomic E-state index is -3.36. The van der Waals surface area contributed by atoms with Gasteiger partial charge in [0.2, 0.25) is 5.91 Å². The van der Waals surface area contributed by atoms with Crippen LogP contribution >= 0.6 is 0 Å². The standard InChI is InChI=1S/C11H22N4O3S/c1-13(2)19(17,18)15-8-6-14(7-9-15)11(16)10-4-3-5-12-10/h10,12H,3-9H2,1-2H3/t10-/m0/s1. The van der Waals surface area contributed by atoms with E-state index < -0.39 is 10.2 Å². The molecule has 110 valence electrons. The molecule has 2 rings (SSSR count). The lowest BCUT2D eigenvalue weighted by Crippen LogP contribution is -2.55. The van der Waals surface area contributed by atoms with Crippen LogP contribution in [0.3, 0.4) is 0 Å². The maximum atomic E-state index is 12.2. The van der Waals surface area contributed by atoms with Gasteiger partial charge in [-0.05, 0) is 19.4 Å². The molecule has 2 fully saturated rings. The number of nitrogens with one attached hydrogen (secondary N) is 1. The average molecular weight is 290 g/mol. The van der Waals surface area contributed by atoms with Crippen LogP contribution in [0.25, 0.3) is 0 Å². The molecule has 2 aliphatic heterocycles. The normalized spacial score (nSPS) is 26.1. The lowest BCUT2D eigenvalue weighted by atomic mass is 10.2. The summed E-state index contributed by atoms with van der Waals surface area (Å²) in [5.74, 6) is 0.111. The predicted molar refractivity (Wildman–Crippen MR) is 71.8 cm³/mol. The molecule has 0 saturated carbocycles. The maximum absolute atomic E-state index is 12.2. The van der Waals surface area contributed by atoms with Crippen LogP contribution in [0.1, 0.15) is 12.8 Å². The fourth-order valence-corrected chi connectivity index (χ4v) is 3.57. The van der Waals surface area contributed by atoms with E-state index in [0.717, 1.165) is 19.4 Å². The highest BCUT2D eigenvalue weighted by atomic mass is 32.2. The van der Waals surface area contributed by atoms with Crippen molar-refractivity contribution in [3.05, 3.63) is 0 Å². The Morgan fingerprint density at radius 3 is 2.32 bits per heavy atom. The summed E-state index contributed by atoms with van der Waals surface area (Å²) in [4.78, 5) is 13.9. The Bertz CT molecular complexity index is 423. The first-order chi connectivity index (χ1) is 8.93. The predicted octanol–water partition coefficient (Wildman–Crippen LogP) is -1.31. The highest BCUT2D eigenvalue weighted by molar-refractivity contribution is 7.86. The van der Waals surface area contributed by atoms with Gasteiger partial charge < -0.3 is 10.2 Å². The molecule has 19 heavy (non-hydrogen) atoms. The SMILES string of the molecule is CN(C)S(=O)(=O)N1CCN(C(=O)[C@@H]2CCCN2)CC1. The van der Waals surface area contributed by atoms with Gasteiger partial charge in [0.15, 0.2) is 0 Å². The zero-order chi connectivity index (χ0) is 14.0. The van der Waals surface area contributed by atoms with Gasteiger partial charge in [-0.15, -0.1) is 0 Å². The molecule has 8 heteroatoms. The van der Waals surface area contributed by atoms with E-state index in [1.807, 2.05) is 0 Å². The van der Waals surface area contributed by atoms with Crippen molar-refractivity contribution in [3.8, 4) is 0 Å². The molecule has 0 aliphatic carbocycles. The molecule has 0 aromatic heterocycles. The van der Waals surface area contributed by atoms with Crippen molar-refractivity contribution >= 4 is 16.1 Å². The number of carbonyl (C=O) groups excluding carboxylic acids is 1. The van der Waals surface area contributed by atoms with E-state index in [9.17, 15) is 13.2 Å². The molecule has 0 aromatic carbocycles. The van der Waals surface area contributed by atoms with Gasteiger partial charge in [0.05, 0.1) is 6.04 Å². The molecule has 0 radical (unpaired) electrons. The van der Waals surface area contributed by atoms with Gasteiger partial charge in [-0.1, -0.05) is 0 Å². The second-order valence-corrected chi connectivity index (χ2v) is 7.31. The maximum Gasteiger partial charge on any atom is 0.281 e. The minimum Gasteiger partial charge on any atom is -0.339 e. The van der Waals surface area contributed by atoms with E-state index in [1.165, 1.54) is 22.7 Å². The van der Waals surface area contributed by atoms with Crippen molar-refractivity contribution in [3.63, 3.8) is 0 Å². The second kappa shape index (κ2) is 5.74. The molecule has 2 saturated heterocycles. The first-order valence-corrected chi connectivity index (χ1v) is 8.02. The Morgan fingerprint density at radius 2 is 1.84 bits per heavy atom. The number of rotatable bonds is 3. The van der Waals surface area contributed by atoms with Crippen molar-refractivity contribution in [1.82, 2.24) is 18.8 Å². The molecule has 0 aromatic rings. The van der Waals surface area contributed by atoms with Gasteiger partial charge in [-0.25, -0.2) is 0 Å².